The highest BCUT2D eigenvalue weighted by Crippen LogP contribution is 2.23. The van der Waals surface area contributed by atoms with Gasteiger partial charge in [0.2, 0.25) is 5.91 Å². The molecule has 1 unspecified atom stereocenters. The van der Waals surface area contributed by atoms with E-state index in [1.807, 2.05) is 45.6 Å². The topological polar surface area (TPSA) is 90.4 Å². The first-order valence-electron chi connectivity index (χ1n) is 16.7. The Morgan fingerprint density at radius 3 is 2.11 bits per heavy atom. The second-order valence-electron chi connectivity index (χ2n) is 10.6. The van der Waals surface area contributed by atoms with Gasteiger partial charge < -0.3 is 20.0 Å². The number of imidazole rings is 1. The van der Waals surface area contributed by atoms with E-state index in [4.69, 9.17) is 0 Å². The minimum atomic E-state index is -0.329. The first-order chi connectivity index (χ1) is 21.6. The summed E-state index contributed by atoms with van der Waals surface area (Å²) in [6, 6.07) is 4.45. The summed E-state index contributed by atoms with van der Waals surface area (Å²) in [5.41, 5.74) is 5.20. The predicted octanol–water partition coefficient (Wildman–Crippen LogP) is 8.87. The average Bonchev–Trinajstić information content (AvgIpc) is 3.73. The molecular formula is C37H62FN5O2. The van der Waals surface area contributed by atoms with Crippen LogP contribution in [0.25, 0.3) is 11.3 Å². The number of hydrogen-bond donors (Lipinski definition) is 2. The first-order valence-corrected chi connectivity index (χ1v) is 16.7. The summed E-state index contributed by atoms with van der Waals surface area (Å²) in [7, 11) is 1.70. The van der Waals surface area contributed by atoms with Gasteiger partial charge >= 0.3 is 0 Å². The number of benzene rings is 1. The van der Waals surface area contributed by atoms with Crippen molar-refractivity contribution in [1.29, 1.82) is 0 Å². The minimum Gasteiger partial charge on any atom is -0.343 e. The van der Waals surface area contributed by atoms with Gasteiger partial charge in [0.25, 0.3) is 0 Å². The van der Waals surface area contributed by atoms with Crippen LogP contribution < -0.4 is 5.32 Å². The Hall–Kier alpha value is -3.39. The molecule has 2 aliphatic heterocycles. The molecule has 1 atom stereocenters. The third-order valence-electron chi connectivity index (χ3n) is 6.37. The van der Waals surface area contributed by atoms with Crippen LogP contribution in [-0.2, 0) is 9.59 Å². The van der Waals surface area contributed by atoms with Gasteiger partial charge in [0, 0.05) is 31.0 Å². The minimum absolute atomic E-state index is 0.0937. The number of H-pyrrole nitrogens is 1. The SMILES string of the molecule is C=CC1=NCC(C)=C1.CC.CC.CCC.CNC(C=O)CC(=O)N1CCCCC1.Cc1cc(F)ccc1-c1cnc(C(C)C)[nH]1. The molecule has 0 radical (unpaired) electrons. The lowest BCUT2D eigenvalue weighted by atomic mass is 10.1. The summed E-state index contributed by atoms with van der Waals surface area (Å²) >= 11 is 0. The number of piperidine rings is 1. The van der Waals surface area contributed by atoms with Crippen LogP contribution in [0.4, 0.5) is 4.39 Å². The molecule has 2 N–H and O–H groups in total. The summed E-state index contributed by atoms with van der Waals surface area (Å²) in [4.78, 5) is 35.7. The summed E-state index contributed by atoms with van der Waals surface area (Å²) in [5, 5.41) is 2.81. The number of aryl methyl sites for hydroxylation is 1. The van der Waals surface area contributed by atoms with Gasteiger partial charge in [0.15, 0.2) is 0 Å². The average molecular weight is 628 g/mol. The van der Waals surface area contributed by atoms with E-state index in [1.54, 1.807) is 25.4 Å². The van der Waals surface area contributed by atoms with Gasteiger partial charge in [0.1, 0.15) is 17.9 Å². The summed E-state index contributed by atoms with van der Waals surface area (Å²) < 4.78 is 13.0. The van der Waals surface area contributed by atoms with Crippen molar-refractivity contribution in [2.45, 2.75) is 113 Å². The van der Waals surface area contributed by atoms with Crippen molar-refractivity contribution < 1.29 is 14.0 Å². The van der Waals surface area contributed by atoms with Gasteiger partial charge in [-0.25, -0.2) is 9.37 Å². The molecule has 1 aromatic carbocycles. The standard InChI is InChI=1S/C13H15FN2.C10H18N2O2.C7H9N.C3H8.2C2H6/c1-8(2)13-15-7-12(16-13)11-5-4-10(14)6-9(11)3;1-11-9(8-13)7-10(14)12-5-3-2-4-6-12;1-3-7-4-6(2)5-8-7;1-3-2;2*1-2/h4-8H,1-3H3,(H,15,16);8-9,11H,2-7H2,1H3;3-4H,1,5H2,2H3;3H2,1-2H3;2*1-2H3. The van der Waals surface area contributed by atoms with Crippen molar-refractivity contribution in [3.63, 3.8) is 0 Å². The Kier molecular flexibility index (Phi) is 26.2. The summed E-state index contributed by atoms with van der Waals surface area (Å²) in [6.45, 7) is 26.6. The maximum atomic E-state index is 13.0. The Morgan fingerprint density at radius 1 is 1.11 bits per heavy atom. The van der Waals surface area contributed by atoms with Crippen molar-refractivity contribution in [3.05, 3.63) is 65.9 Å². The normalized spacial score (nSPS) is 13.7. The van der Waals surface area contributed by atoms with Crippen LogP contribution in [0, 0.1) is 12.7 Å². The number of halogens is 1. The Balaban J connectivity index is 0. The van der Waals surface area contributed by atoms with Crippen molar-refractivity contribution in [3.8, 4) is 11.3 Å². The molecule has 0 spiro atoms. The predicted molar refractivity (Wildman–Crippen MR) is 192 cm³/mol. The number of aromatic amines is 1. The molecule has 8 heteroatoms. The second-order valence-corrected chi connectivity index (χ2v) is 10.6. The number of carbonyl (C=O) groups is 2. The number of rotatable bonds is 7. The number of hydrogen-bond acceptors (Lipinski definition) is 5. The van der Waals surface area contributed by atoms with E-state index < -0.39 is 0 Å². The molecule has 0 aliphatic carbocycles. The van der Waals surface area contributed by atoms with Crippen LogP contribution in [0.2, 0.25) is 0 Å². The summed E-state index contributed by atoms with van der Waals surface area (Å²) in [6.07, 6.45) is 11.4. The van der Waals surface area contributed by atoms with E-state index in [0.717, 1.165) is 67.1 Å². The molecule has 3 heterocycles. The number of likely N-dealkylation sites (N-methyl/N-ethyl adjacent to an activating group) is 1. The lowest BCUT2D eigenvalue weighted by Crippen LogP contribution is -2.40. The zero-order valence-electron chi connectivity index (χ0n) is 30.1. The molecule has 2 aliphatic rings. The maximum Gasteiger partial charge on any atom is 0.224 e. The molecule has 0 bridgehead atoms. The molecule has 254 valence electrons. The van der Waals surface area contributed by atoms with Gasteiger partial charge in [-0.15, -0.1) is 0 Å². The molecule has 4 rings (SSSR count). The molecular weight excluding hydrogens is 565 g/mol. The molecule has 7 nitrogen and oxygen atoms in total. The van der Waals surface area contributed by atoms with Gasteiger partial charge in [-0.1, -0.05) is 68.4 Å². The first kappa shape index (κ1) is 43.7. The molecule has 1 amide bonds. The van der Waals surface area contributed by atoms with Gasteiger partial charge in [0.05, 0.1) is 30.2 Å². The highest BCUT2D eigenvalue weighted by molar-refractivity contribution is 6.05. The van der Waals surface area contributed by atoms with E-state index in [9.17, 15) is 14.0 Å². The fourth-order valence-corrected chi connectivity index (χ4v) is 4.06. The van der Waals surface area contributed by atoms with Crippen LogP contribution in [0.5, 0.6) is 0 Å². The number of aliphatic imine (C=N–C) groups is 1. The summed E-state index contributed by atoms with van der Waals surface area (Å²) in [5.74, 6) is 1.22. The van der Waals surface area contributed by atoms with E-state index >= 15 is 0 Å². The van der Waals surface area contributed by atoms with Crippen molar-refractivity contribution in [2.75, 3.05) is 26.7 Å². The second kappa shape index (κ2) is 27.0. The molecule has 0 saturated carbocycles. The number of carbonyl (C=O) groups excluding carboxylic acids is 2. The fraction of sp³-hybridized carbons (Fsp3) is 0.568. The zero-order valence-corrected chi connectivity index (χ0v) is 30.1. The third kappa shape index (κ3) is 18.2. The fourth-order valence-electron chi connectivity index (χ4n) is 4.06. The quantitative estimate of drug-likeness (QED) is 0.300. The van der Waals surface area contributed by atoms with Gasteiger partial charge in [-0.3, -0.25) is 9.79 Å². The van der Waals surface area contributed by atoms with Crippen LogP contribution in [0.15, 0.2) is 53.7 Å². The molecule has 2 aromatic rings. The van der Waals surface area contributed by atoms with E-state index in [-0.39, 0.29) is 17.8 Å². The number of amides is 1. The molecule has 1 saturated heterocycles. The number of aldehydes is 1. The number of likely N-dealkylation sites (tertiary alicyclic amines) is 1. The molecule has 45 heavy (non-hydrogen) atoms. The Morgan fingerprint density at radius 2 is 1.71 bits per heavy atom. The molecule has 1 aromatic heterocycles. The lowest BCUT2D eigenvalue weighted by molar-refractivity contribution is -0.133. The monoisotopic (exact) mass is 627 g/mol. The number of aromatic nitrogens is 2. The van der Waals surface area contributed by atoms with E-state index in [1.165, 1.54) is 30.5 Å². The lowest BCUT2D eigenvalue weighted by Gasteiger charge is -2.27. The van der Waals surface area contributed by atoms with Crippen LogP contribution >= 0.6 is 0 Å². The van der Waals surface area contributed by atoms with Crippen molar-refractivity contribution in [1.82, 2.24) is 20.2 Å². The van der Waals surface area contributed by atoms with Crippen molar-refractivity contribution >= 4 is 17.9 Å². The number of nitrogens with zero attached hydrogens (tertiary/aromatic N) is 3. The third-order valence-corrected chi connectivity index (χ3v) is 6.37. The van der Waals surface area contributed by atoms with Crippen LogP contribution in [-0.4, -0.2) is 65.5 Å². The number of nitrogens with one attached hydrogen (secondary N) is 2. The smallest absolute Gasteiger partial charge is 0.224 e. The van der Waals surface area contributed by atoms with Crippen molar-refractivity contribution in [2.24, 2.45) is 4.99 Å². The van der Waals surface area contributed by atoms with Crippen LogP contribution in [0.1, 0.15) is 112 Å². The largest absolute Gasteiger partial charge is 0.343 e. The van der Waals surface area contributed by atoms with Gasteiger partial charge in [-0.05, 0) is 81.6 Å². The van der Waals surface area contributed by atoms with E-state index in [0.29, 0.717) is 12.3 Å². The Bertz CT molecular complexity index is 1150. The highest BCUT2D eigenvalue weighted by Gasteiger charge is 2.19. The number of allylic oxidation sites excluding steroid dienone is 2. The highest BCUT2D eigenvalue weighted by atomic mass is 19.1. The van der Waals surface area contributed by atoms with Crippen LogP contribution in [0.3, 0.4) is 0 Å². The molecule has 1 fully saturated rings. The Labute approximate surface area is 273 Å². The zero-order chi connectivity index (χ0) is 34.8. The van der Waals surface area contributed by atoms with E-state index in [2.05, 4.69) is 61.5 Å². The van der Waals surface area contributed by atoms with Gasteiger partial charge in [-0.2, -0.15) is 0 Å². The maximum absolute atomic E-state index is 13.0.